The third-order valence-corrected chi connectivity index (χ3v) is 5.97. The number of benzene rings is 3. The van der Waals surface area contributed by atoms with Crippen molar-refractivity contribution in [1.82, 2.24) is 9.97 Å². The first-order chi connectivity index (χ1) is 17.4. The number of nitrogens with two attached hydrogens (primary N) is 1. The Kier molecular flexibility index (Phi) is 7.09. The highest BCUT2D eigenvalue weighted by Crippen LogP contribution is 2.41. The number of carbonyl (C=O) groups is 1. The summed E-state index contributed by atoms with van der Waals surface area (Å²) in [5, 5.41) is 9.07. The number of carboxylic acids is 1. The van der Waals surface area contributed by atoms with E-state index in [0.29, 0.717) is 5.56 Å². The van der Waals surface area contributed by atoms with Crippen molar-refractivity contribution in [3.63, 3.8) is 0 Å². The molecule has 0 unspecified atom stereocenters. The van der Waals surface area contributed by atoms with Gasteiger partial charge in [-0.1, -0.05) is 54.6 Å². The van der Waals surface area contributed by atoms with Gasteiger partial charge in [-0.15, -0.1) is 0 Å². The number of aryl methyl sites for hydroxylation is 1. The third kappa shape index (κ3) is 6.00. The summed E-state index contributed by atoms with van der Waals surface area (Å²) < 4.78 is 47.8. The highest BCUT2D eigenvalue weighted by molar-refractivity contribution is 5.69. The van der Waals surface area contributed by atoms with Gasteiger partial charge in [0.05, 0.1) is 29.4 Å². The van der Waals surface area contributed by atoms with Gasteiger partial charge < -0.3 is 20.6 Å². The Morgan fingerprint density at radius 1 is 1.03 bits per heavy atom. The molecule has 0 spiro atoms. The summed E-state index contributed by atoms with van der Waals surface area (Å²) in [7, 11) is 0. The molecule has 4 N–H and O–H groups in total. The van der Waals surface area contributed by atoms with Gasteiger partial charge in [0.25, 0.3) is 0 Å². The Labute approximate surface area is 211 Å². The van der Waals surface area contributed by atoms with E-state index in [4.69, 9.17) is 15.6 Å². The van der Waals surface area contributed by atoms with Crippen molar-refractivity contribution < 1.29 is 27.8 Å². The largest absolute Gasteiger partial charge is 0.488 e. The maximum absolute atomic E-state index is 14.0. The lowest BCUT2D eigenvalue weighted by molar-refractivity contribution is -0.139. The molecular weight excluding hydrogens is 483 g/mol. The smallest absolute Gasteiger partial charge is 0.419 e. The van der Waals surface area contributed by atoms with E-state index in [2.05, 4.69) is 9.97 Å². The summed E-state index contributed by atoms with van der Waals surface area (Å²) in [6.45, 7) is 2.99. The molecule has 0 amide bonds. The maximum Gasteiger partial charge on any atom is 0.419 e. The molecule has 0 radical (unpaired) electrons. The SMILES string of the molecule is Cc1cc(-c2cnc([C@@](C)(N)CC(=O)O)[nH]2)cc(C(F)(F)F)c1OCc1ccc(-c2ccccc2)cc1. The van der Waals surface area contributed by atoms with Gasteiger partial charge in [-0.25, -0.2) is 4.98 Å². The Balaban J connectivity index is 1.59. The summed E-state index contributed by atoms with van der Waals surface area (Å²) in [5.74, 6) is -1.21. The monoisotopic (exact) mass is 509 g/mol. The van der Waals surface area contributed by atoms with Crippen LogP contribution in [0.1, 0.15) is 35.9 Å². The molecule has 0 bridgehead atoms. The second-order valence-electron chi connectivity index (χ2n) is 9.15. The molecule has 4 rings (SSSR count). The fourth-order valence-corrected chi connectivity index (χ4v) is 4.07. The van der Waals surface area contributed by atoms with Crippen molar-refractivity contribution in [1.29, 1.82) is 0 Å². The normalized spacial score (nSPS) is 13.2. The number of halogens is 3. The van der Waals surface area contributed by atoms with Gasteiger partial charge in [-0.3, -0.25) is 4.79 Å². The number of carboxylic acid groups (broad SMARTS) is 1. The van der Waals surface area contributed by atoms with Crippen molar-refractivity contribution in [2.45, 2.75) is 38.6 Å². The van der Waals surface area contributed by atoms with E-state index in [1.807, 2.05) is 54.6 Å². The maximum atomic E-state index is 14.0. The van der Waals surface area contributed by atoms with E-state index in [1.54, 1.807) is 13.0 Å². The number of aromatic nitrogens is 2. The number of ether oxygens (including phenoxy) is 1. The van der Waals surface area contributed by atoms with Crippen LogP contribution in [0.25, 0.3) is 22.4 Å². The minimum Gasteiger partial charge on any atom is -0.488 e. The second kappa shape index (κ2) is 10.1. The second-order valence-corrected chi connectivity index (χ2v) is 9.15. The molecule has 4 aromatic rings. The van der Waals surface area contributed by atoms with Crippen molar-refractivity contribution in [2.75, 3.05) is 0 Å². The number of aromatic amines is 1. The molecule has 0 fully saturated rings. The standard InChI is InChI=1S/C28H26F3N3O3/c1-17-12-21(23-15-33-26(34-23)27(2,32)14-24(35)36)13-22(28(29,30)31)25(17)37-16-18-8-10-20(11-9-18)19-6-4-3-5-7-19/h3-13,15H,14,16,32H2,1-2H3,(H,33,34)(H,35,36)/t27-/m0/s1. The molecule has 3 aromatic carbocycles. The van der Waals surface area contributed by atoms with Gasteiger partial charge in [0, 0.05) is 5.56 Å². The van der Waals surface area contributed by atoms with Crippen LogP contribution < -0.4 is 10.5 Å². The van der Waals surface area contributed by atoms with Crippen LogP contribution in [0.3, 0.4) is 0 Å². The van der Waals surface area contributed by atoms with E-state index >= 15 is 0 Å². The lowest BCUT2D eigenvalue weighted by Gasteiger charge is -2.20. The Bertz CT molecular complexity index is 1400. The molecule has 1 aromatic heterocycles. The molecule has 6 nitrogen and oxygen atoms in total. The van der Waals surface area contributed by atoms with Crippen molar-refractivity contribution >= 4 is 5.97 Å². The molecule has 0 aliphatic rings. The number of nitrogens with one attached hydrogen (secondary N) is 1. The van der Waals surface area contributed by atoms with Gasteiger partial charge >= 0.3 is 12.1 Å². The number of imidazole rings is 1. The van der Waals surface area contributed by atoms with Gasteiger partial charge in [0.2, 0.25) is 0 Å². The van der Waals surface area contributed by atoms with Crippen LogP contribution in [-0.4, -0.2) is 21.0 Å². The number of hydrogen-bond acceptors (Lipinski definition) is 4. The average Bonchev–Trinajstić information content (AvgIpc) is 3.34. The number of alkyl halides is 3. The van der Waals surface area contributed by atoms with Gasteiger partial charge in [0.1, 0.15) is 18.2 Å². The van der Waals surface area contributed by atoms with Crippen LogP contribution in [0, 0.1) is 6.92 Å². The van der Waals surface area contributed by atoms with Crippen LogP contribution in [0.2, 0.25) is 0 Å². The highest BCUT2D eigenvalue weighted by Gasteiger charge is 2.36. The summed E-state index contributed by atoms with van der Waals surface area (Å²) in [6, 6.07) is 19.8. The zero-order valence-electron chi connectivity index (χ0n) is 20.3. The summed E-state index contributed by atoms with van der Waals surface area (Å²) in [6.07, 6.45) is -3.72. The van der Waals surface area contributed by atoms with Gasteiger partial charge in [-0.05, 0) is 48.2 Å². The minimum absolute atomic E-state index is 0.0345. The first-order valence-corrected chi connectivity index (χ1v) is 11.5. The van der Waals surface area contributed by atoms with Gasteiger partial charge in [-0.2, -0.15) is 13.2 Å². The quantitative estimate of drug-likeness (QED) is 0.259. The molecule has 1 atom stereocenters. The summed E-state index contributed by atoms with van der Waals surface area (Å²) >= 11 is 0. The molecule has 1 heterocycles. The van der Waals surface area contributed by atoms with E-state index < -0.39 is 29.7 Å². The van der Waals surface area contributed by atoms with Crippen LogP contribution in [0.5, 0.6) is 5.75 Å². The molecule has 192 valence electrons. The average molecular weight is 510 g/mol. The zero-order valence-corrected chi connectivity index (χ0v) is 20.3. The molecule has 0 saturated carbocycles. The molecule has 37 heavy (non-hydrogen) atoms. The topological polar surface area (TPSA) is 101 Å². The minimum atomic E-state index is -4.66. The number of aliphatic carboxylic acids is 1. The van der Waals surface area contributed by atoms with Crippen LogP contribution in [-0.2, 0) is 23.1 Å². The lowest BCUT2D eigenvalue weighted by Crippen LogP contribution is -2.36. The predicted molar refractivity (Wildman–Crippen MR) is 134 cm³/mol. The highest BCUT2D eigenvalue weighted by atomic mass is 19.4. The van der Waals surface area contributed by atoms with Crippen LogP contribution in [0.15, 0.2) is 72.9 Å². The first-order valence-electron chi connectivity index (χ1n) is 11.5. The Morgan fingerprint density at radius 3 is 2.30 bits per heavy atom. The van der Waals surface area contributed by atoms with Gasteiger partial charge in [0.15, 0.2) is 0 Å². The third-order valence-electron chi connectivity index (χ3n) is 5.97. The van der Waals surface area contributed by atoms with Crippen LogP contribution >= 0.6 is 0 Å². The van der Waals surface area contributed by atoms with E-state index in [9.17, 15) is 18.0 Å². The van der Waals surface area contributed by atoms with Crippen molar-refractivity contribution in [3.05, 3.63) is 95.4 Å². The number of rotatable bonds is 8. The van der Waals surface area contributed by atoms with E-state index in [0.717, 1.165) is 22.8 Å². The molecule has 0 aliphatic heterocycles. The molecule has 0 aliphatic carbocycles. The first kappa shape index (κ1) is 26.0. The number of hydrogen-bond donors (Lipinski definition) is 3. The zero-order chi connectivity index (χ0) is 26.8. The summed E-state index contributed by atoms with van der Waals surface area (Å²) in [4.78, 5) is 18.1. The fraction of sp³-hybridized carbons (Fsp3) is 0.214. The predicted octanol–water partition coefficient (Wildman–Crippen LogP) is 6.30. The van der Waals surface area contributed by atoms with E-state index in [1.165, 1.54) is 13.1 Å². The van der Waals surface area contributed by atoms with Crippen LogP contribution in [0.4, 0.5) is 13.2 Å². The molecule has 0 saturated heterocycles. The van der Waals surface area contributed by atoms with Crippen molar-refractivity contribution in [2.24, 2.45) is 5.73 Å². The fourth-order valence-electron chi connectivity index (χ4n) is 4.07. The molecule has 9 heteroatoms. The lowest BCUT2D eigenvalue weighted by atomic mass is 9.98. The Hall–Kier alpha value is -4.11. The molecular formula is C28H26F3N3O3. The number of nitrogens with zero attached hydrogens (tertiary/aromatic N) is 1. The Morgan fingerprint density at radius 2 is 1.68 bits per heavy atom. The number of H-pyrrole nitrogens is 1. The summed E-state index contributed by atoms with van der Waals surface area (Å²) in [5.41, 5.74) is 7.40. The van der Waals surface area contributed by atoms with E-state index in [-0.39, 0.29) is 29.4 Å². The van der Waals surface area contributed by atoms with Crippen molar-refractivity contribution in [3.8, 4) is 28.1 Å².